The van der Waals surface area contributed by atoms with Crippen molar-refractivity contribution in [1.82, 2.24) is 9.97 Å². The van der Waals surface area contributed by atoms with Crippen LogP contribution < -0.4 is 10.2 Å². The Bertz CT molecular complexity index is 398. The summed E-state index contributed by atoms with van der Waals surface area (Å²) in [5, 5.41) is 12.7. The lowest BCUT2D eigenvalue weighted by atomic mass is 10.1. The van der Waals surface area contributed by atoms with Gasteiger partial charge in [0.1, 0.15) is 18.0 Å². The molecule has 0 fully saturated rings. The van der Waals surface area contributed by atoms with Crippen LogP contribution in [0.25, 0.3) is 0 Å². The van der Waals surface area contributed by atoms with E-state index in [-0.39, 0.29) is 6.61 Å². The van der Waals surface area contributed by atoms with Crippen LogP contribution in [-0.2, 0) is 6.42 Å². The molecule has 0 bridgehead atoms. The van der Waals surface area contributed by atoms with Gasteiger partial charge in [0.25, 0.3) is 0 Å². The zero-order chi connectivity index (χ0) is 15.5. The molecule has 1 heterocycles. The number of anilines is 2. The molecule has 2 N–H and O–H groups in total. The fourth-order valence-electron chi connectivity index (χ4n) is 2.34. The SMILES string of the molecule is CCCCN(CCO)c1ncnc(NCCC)c1CCC. The Kier molecular flexibility index (Phi) is 8.74. The molecular formula is C16H30N4O. The first-order chi connectivity index (χ1) is 10.3. The number of nitrogens with zero attached hydrogens (tertiary/aromatic N) is 3. The standard InChI is InChI=1S/C16H30N4O/c1-4-7-10-20(11-12-21)16-14(8-5-2)15(17-9-6-3)18-13-19-16/h13,21H,4-12H2,1-3H3,(H,17,18,19). The maximum atomic E-state index is 9.33. The van der Waals surface area contributed by atoms with E-state index >= 15 is 0 Å². The van der Waals surface area contributed by atoms with Crippen LogP contribution in [0.5, 0.6) is 0 Å². The molecule has 0 saturated carbocycles. The van der Waals surface area contributed by atoms with Crippen molar-refractivity contribution >= 4 is 11.6 Å². The van der Waals surface area contributed by atoms with Crippen LogP contribution in [0.4, 0.5) is 11.6 Å². The molecule has 1 rings (SSSR count). The number of nitrogens with one attached hydrogen (secondary N) is 1. The summed E-state index contributed by atoms with van der Waals surface area (Å²) < 4.78 is 0. The monoisotopic (exact) mass is 294 g/mol. The molecule has 1 aromatic rings. The molecule has 0 unspecified atom stereocenters. The summed E-state index contributed by atoms with van der Waals surface area (Å²) in [4.78, 5) is 11.1. The largest absolute Gasteiger partial charge is 0.395 e. The Morgan fingerprint density at radius 2 is 1.90 bits per heavy atom. The molecule has 21 heavy (non-hydrogen) atoms. The molecule has 0 aliphatic heterocycles. The number of aliphatic hydroxyl groups excluding tert-OH is 1. The van der Waals surface area contributed by atoms with Gasteiger partial charge in [0.05, 0.1) is 6.61 Å². The third kappa shape index (κ3) is 5.50. The van der Waals surface area contributed by atoms with E-state index in [1.165, 1.54) is 5.56 Å². The van der Waals surface area contributed by atoms with Crippen molar-refractivity contribution in [3.63, 3.8) is 0 Å². The lowest BCUT2D eigenvalue weighted by Gasteiger charge is -2.26. The van der Waals surface area contributed by atoms with Gasteiger partial charge >= 0.3 is 0 Å². The highest BCUT2D eigenvalue weighted by Gasteiger charge is 2.16. The van der Waals surface area contributed by atoms with Crippen LogP contribution in [0.3, 0.4) is 0 Å². The summed E-state index contributed by atoms with van der Waals surface area (Å²) >= 11 is 0. The van der Waals surface area contributed by atoms with Crippen molar-refractivity contribution in [3.05, 3.63) is 11.9 Å². The fraction of sp³-hybridized carbons (Fsp3) is 0.750. The average molecular weight is 294 g/mol. The summed E-state index contributed by atoms with van der Waals surface area (Å²) in [6.45, 7) is 9.12. The predicted octanol–water partition coefficient (Wildman–Crippen LogP) is 2.85. The van der Waals surface area contributed by atoms with Gasteiger partial charge in [-0.05, 0) is 19.3 Å². The first-order valence-electron chi connectivity index (χ1n) is 8.21. The molecule has 0 amide bonds. The van der Waals surface area contributed by atoms with Crippen LogP contribution >= 0.6 is 0 Å². The van der Waals surface area contributed by atoms with Crippen molar-refractivity contribution in [2.75, 3.05) is 36.5 Å². The second-order valence-corrected chi connectivity index (χ2v) is 5.27. The molecule has 0 saturated heterocycles. The van der Waals surface area contributed by atoms with E-state index in [0.717, 1.165) is 56.8 Å². The summed E-state index contributed by atoms with van der Waals surface area (Å²) in [5.74, 6) is 1.93. The third-order valence-corrected chi connectivity index (χ3v) is 3.42. The Morgan fingerprint density at radius 1 is 1.10 bits per heavy atom. The first kappa shape index (κ1) is 17.7. The zero-order valence-corrected chi connectivity index (χ0v) is 13.7. The van der Waals surface area contributed by atoms with Crippen molar-refractivity contribution in [3.8, 4) is 0 Å². The van der Waals surface area contributed by atoms with E-state index in [2.05, 4.69) is 41.0 Å². The molecule has 120 valence electrons. The van der Waals surface area contributed by atoms with Crippen LogP contribution in [-0.4, -0.2) is 41.3 Å². The van der Waals surface area contributed by atoms with Gasteiger partial charge in [0.2, 0.25) is 0 Å². The Morgan fingerprint density at radius 3 is 2.52 bits per heavy atom. The van der Waals surface area contributed by atoms with Crippen LogP contribution in [0.2, 0.25) is 0 Å². The molecule has 1 aromatic heterocycles. The van der Waals surface area contributed by atoms with Gasteiger partial charge < -0.3 is 15.3 Å². The van der Waals surface area contributed by atoms with Crippen LogP contribution in [0.1, 0.15) is 52.0 Å². The Labute approximate surface area is 128 Å². The highest BCUT2D eigenvalue weighted by atomic mass is 16.3. The molecule has 0 spiro atoms. The quantitative estimate of drug-likeness (QED) is 0.657. The normalized spacial score (nSPS) is 10.7. The number of rotatable bonds is 11. The van der Waals surface area contributed by atoms with E-state index in [4.69, 9.17) is 0 Å². The number of hydrogen-bond acceptors (Lipinski definition) is 5. The van der Waals surface area contributed by atoms with Gasteiger partial charge in [-0.1, -0.05) is 33.6 Å². The third-order valence-electron chi connectivity index (χ3n) is 3.42. The maximum Gasteiger partial charge on any atom is 0.137 e. The average Bonchev–Trinajstić information content (AvgIpc) is 2.50. The topological polar surface area (TPSA) is 61.3 Å². The minimum atomic E-state index is 0.150. The van der Waals surface area contributed by atoms with Gasteiger partial charge in [-0.3, -0.25) is 0 Å². The highest BCUT2D eigenvalue weighted by Crippen LogP contribution is 2.25. The molecule has 5 nitrogen and oxygen atoms in total. The maximum absolute atomic E-state index is 9.33. The van der Waals surface area contributed by atoms with Crippen molar-refractivity contribution in [1.29, 1.82) is 0 Å². The summed E-state index contributed by atoms with van der Waals surface area (Å²) in [6.07, 6.45) is 6.95. The molecular weight excluding hydrogens is 264 g/mol. The summed E-state index contributed by atoms with van der Waals surface area (Å²) in [5.41, 5.74) is 1.18. The van der Waals surface area contributed by atoms with Gasteiger partial charge in [0.15, 0.2) is 0 Å². The minimum Gasteiger partial charge on any atom is -0.395 e. The number of aromatic nitrogens is 2. The molecule has 0 aromatic carbocycles. The summed E-state index contributed by atoms with van der Waals surface area (Å²) in [6, 6.07) is 0. The van der Waals surface area contributed by atoms with E-state index in [0.29, 0.717) is 6.54 Å². The van der Waals surface area contributed by atoms with Gasteiger partial charge in [-0.15, -0.1) is 0 Å². The predicted molar refractivity (Wildman–Crippen MR) is 89.0 cm³/mol. The lowest BCUT2D eigenvalue weighted by Crippen LogP contribution is -2.30. The van der Waals surface area contributed by atoms with Gasteiger partial charge in [0, 0.05) is 25.2 Å². The Hall–Kier alpha value is -1.36. The number of hydrogen-bond donors (Lipinski definition) is 2. The fourth-order valence-corrected chi connectivity index (χ4v) is 2.34. The van der Waals surface area contributed by atoms with Gasteiger partial charge in [-0.25, -0.2) is 9.97 Å². The van der Waals surface area contributed by atoms with Crippen molar-refractivity contribution in [2.24, 2.45) is 0 Å². The zero-order valence-electron chi connectivity index (χ0n) is 13.7. The number of aliphatic hydroxyl groups is 1. The second kappa shape index (κ2) is 10.4. The van der Waals surface area contributed by atoms with E-state index in [9.17, 15) is 5.11 Å². The van der Waals surface area contributed by atoms with Gasteiger partial charge in [-0.2, -0.15) is 0 Å². The molecule has 0 aliphatic rings. The van der Waals surface area contributed by atoms with Crippen LogP contribution in [0.15, 0.2) is 6.33 Å². The van der Waals surface area contributed by atoms with E-state index < -0.39 is 0 Å². The van der Waals surface area contributed by atoms with Crippen molar-refractivity contribution < 1.29 is 5.11 Å². The second-order valence-electron chi connectivity index (χ2n) is 5.27. The summed E-state index contributed by atoms with van der Waals surface area (Å²) in [7, 11) is 0. The van der Waals surface area contributed by atoms with Crippen molar-refractivity contribution in [2.45, 2.75) is 52.9 Å². The Balaban J connectivity index is 3.04. The molecule has 0 atom stereocenters. The van der Waals surface area contributed by atoms with E-state index in [1.54, 1.807) is 6.33 Å². The molecule has 5 heteroatoms. The van der Waals surface area contributed by atoms with E-state index in [1.807, 2.05) is 0 Å². The first-order valence-corrected chi connectivity index (χ1v) is 8.21. The lowest BCUT2D eigenvalue weighted by molar-refractivity contribution is 0.301. The highest BCUT2D eigenvalue weighted by molar-refractivity contribution is 5.59. The smallest absolute Gasteiger partial charge is 0.137 e. The molecule has 0 aliphatic carbocycles. The number of unbranched alkanes of at least 4 members (excludes halogenated alkanes) is 1. The van der Waals surface area contributed by atoms with Crippen LogP contribution in [0, 0.1) is 0 Å². The molecule has 0 radical (unpaired) electrons. The minimum absolute atomic E-state index is 0.150.